The molecule has 3 rings (SSSR count). The van der Waals surface area contributed by atoms with Crippen LogP contribution < -0.4 is 4.90 Å². The molecule has 2 aromatic rings. The Kier molecular flexibility index (Phi) is 4.10. The Morgan fingerprint density at radius 2 is 1.87 bits per heavy atom. The zero-order valence-electron chi connectivity index (χ0n) is 12.7. The number of anilines is 1. The minimum absolute atomic E-state index is 0.00654. The molecule has 1 unspecified atom stereocenters. The highest BCUT2D eigenvalue weighted by Gasteiger charge is 2.31. The Balaban J connectivity index is 1.69. The van der Waals surface area contributed by atoms with Crippen LogP contribution in [0.1, 0.15) is 22.8 Å². The molecule has 0 saturated heterocycles. The third kappa shape index (κ3) is 2.95. The van der Waals surface area contributed by atoms with Crippen LogP contribution in [0.2, 0.25) is 0 Å². The molecule has 0 aromatic heterocycles. The first-order chi connectivity index (χ1) is 11.1. The lowest BCUT2D eigenvalue weighted by Crippen LogP contribution is -2.38. The summed E-state index contributed by atoms with van der Waals surface area (Å²) in [6.45, 7) is 1.53. The van der Waals surface area contributed by atoms with Crippen LogP contribution in [0.3, 0.4) is 0 Å². The first-order valence-corrected chi connectivity index (χ1v) is 7.39. The van der Waals surface area contributed by atoms with E-state index in [-0.39, 0.29) is 17.5 Å². The van der Waals surface area contributed by atoms with Gasteiger partial charge in [-0.1, -0.05) is 30.3 Å². The predicted molar refractivity (Wildman–Crippen MR) is 83.8 cm³/mol. The molecule has 118 valence electrons. The second kappa shape index (κ2) is 6.20. The molecule has 0 saturated carbocycles. The van der Waals surface area contributed by atoms with Crippen molar-refractivity contribution in [3.8, 4) is 0 Å². The van der Waals surface area contributed by atoms with E-state index in [1.807, 2.05) is 31.2 Å². The molecular weight excluding hydrogens is 297 g/mol. The van der Waals surface area contributed by atoms with Crippen LogP contribution in [0, 0.1) is 5.82 Å². The lowest BCUT2D eigenvalue weighted by atomic mass is 10.1. The number of benzene rings is 2. The molecule has 1 aliphatic rings. The molecule has 0 spiro atoms. The summed E-state index contributed by atoms with van der Waals surface area (Å²) in [6, 6.07) is 13.2. The van der Waals surface area contributed by atoms with Gasteiger partial charge in [0.05, 0.1) is 5.56 Å². The number of hydrogen-bond acceptors (Lipinski definition) is 3. The fourth-order valence-corrected chi connectivity index (χ4v) is 2.85. The van der Waals surface area contributed by atoms with Gasteiger partial charge in [-0.3, -0.25) is 4.79 Å². The summed E-state index contributed by atoms with van der Waals surface area (Å²) in [6.07, 6.45) is 0.767. The van der Waals surface area contributed by atoms with Gasteiger partial charge in [0.15, 0.2) is 6.61 Å². The van der Waals surface area contributed by atoms with E-state index in [1.165, 1.54) is 18.2 Å². The molecule has 4 nitrogen and oxygen atoms in total. The number of rotatable bonds is 3. The Labute approximate surface area is 133 Å². The van der Waals surface area contributed by atoms with Crippen molar-refractivity contribution < 1.29 is 18.7 Å². The first kappa shape index (κ1) is 15.2. The third-order valence-electron chi connectivity index (χ3n) is 3.90. The summed E-state index contributed by atoms with van der Waals surface area (Å²) in [4.78, 5) is 25.9. The van der Waals surface area contributed by atoms with Crippen molar-refractivity contribution in [3.05, 3.63) is 65.5 Å². The number of ether oxygens (including phenoxy) is 1. The summed E-state index contributed by atoms with van der Waals surface area (Å²) < 4.78 is 18.5. The highest BCUT2D eigenvalue weighted by molar-refractivity contribution is 5.99. The van der Waals surface area contributed by atoms with Gasteiger partial charge in [-0.25, -0.2) is 9.18 Å². The molecule has 0 fully saturated rings. The molecule has 1 atom stereocenters. The van der Waals surface area contributed by atoms with Crippen molar-refractivity contribution in [2.75, 3.05) is 11.5 Å². The monoisotopic (exact) mass is 313 g/mol. The number of halogens is 1. The largest absolute Gasteiger partial charge is 0.452 e. The number of nitrogens with zero attached hydrogens (tertiary/aromatic N) is 1. The van der Waals surface area contributed by atoms with Gasteiger partial charge in [0.2, 0.25) is 0 Å². The maximum absolute atomic E-state index is 13.5. The van der Waals surface area contributed by atoms with Crippen LogP contribution in [0.15, 0.2) is 48.5 Å². The molecule has 23 heavy (non-hydrogen) atoms. The van der Waals surface area contributed by atoms with E-state index < -0.39 is 18.4 Å². The SMILES string of the molecule is CC1Cc2ccccc2N1C(=O)COC(=O)c1ccccc1F. The highest BCUT2D eigenvalue weighted by atomic mass is 19.1. The van der Waals surface area contributed by atoms with Gasteiger partial charge in [-0.05, 0) is 37.1 Å². The van der Waals surface area contributed by atoms with Crippen molar-refractivity contribution in [1.82, 2.24) is 0 Å². The van der Waals surface area contributed by atoms with Gasteiger partial charge in [0.25, 0.3) is 5.91 Å². The number of amides is 1. The fourth-order valence-electron chi connectivity index (χ4n) is 2.85. The number of fused-ring (bicyclic) bond motifs is 1. The second-order valence-corrected chi connectivity index (χ2v) is 5.50. The number of carbonyl (C=O) groups excluding carboxylic acids is 2. The zero-order valence-corrected chi connectivity index (χ0v) is 12.7. The third-order valence-corrected chi connectivity index (χ3v) is 3.90. The van der Waals surface area contributed by atoms with Crippen LogP contribution in [0.5, 0.6) is 0 Å². The summed E-state index contributed by atoms with van der Waals surface area (Å²) >= 11 is 0. The zero-order chi connectivity index (χ0) is 16.4. The Morgan fingerprint density at radius 3 is 2.65 bits per heavy atom. The van der Waals surface area contributed by atoms with Gasteiger partial charge in [-0.2, -0.15) is 0 Å². The molecule has 0 aliphatic carbocycles. The standard InChI is InChI=1S/C18H16FNO3/c1-12-10-13-6-2-5-9-16(13)20(12)17(21)11-23-18(22)14-7-3-4-8-15(14)19/h2-9,12H,10-11H2,1H3. The van der Waals surface area contributed by atoms with Gasteiger partial charge >= 0.3 is 5.97 Å². The number of esters is 1. The highest BCUT2D eigenvalue weighted by Crippen LogP contribution is 2.31. The second-order valence-electron chi connectivity index (χ2n) is 5.50. The Bertz CT molecular complexity index is 759. The topological polar surface area (TPSA) is 46.6 Å². The van der Waals surface area contributed by atoms with E-state index >= 15 is 0 Å². The van der Waals surface area contributed by atoms with E-state index in [1.54, 1.807) is 11.0 Å². The molecule has 1 aliphatic heterocycles. The minimum Gasteiger partial charge on any atom is -0.452 e. The molecule has 1 amide bonds. The van der Waals surface area contributed by atoms with Crippen molar-refractivity contribution in [3.63, 3.8) is 0 Å². The molecule has 5 heteroatoms. The summed E-state index contributed by atoms with van der Waals surface area (Å²) in [5.74, 6) is -1.81. The fraction of sp³-hybridized carbons (Fsp3) is 0.222. The summed E-state index contributed by atoms with van der Waals surface area (Å²) in [5.41, 5.74) is 1.76. The molecule has 1 heterocycles. The van der Waals surface area contributed by atoms with E-state index in [4.69, 9.17) is 4.74 Å². The van der Waals surface area contributed by atoms with Crippen molar-refractivity contribution in [1.29, 1.82) is 0 Å². The van der Waals surface area contributed by atoms with Gasteiger partial charge in [-0.15, -0.1) is 0 Å². The summed E-state index contributed by atoms with van der Waals surface area (Å²) in [5, 5.41) is 0. The van der Waals surface area contributed by atoms with Crippen molar-refractivity contribution in [2.45, 2.75) is 19.4 Å². The van der Waals surface area contributed by atoms with Gasteiger partial charge in [0, 0.05) is 11.7 Å². The van der Waals surface area contributed by atoms with E-state index in [0.29, 0.717) is 0 Å². The average molecular weight is 313 g/mol. The van der Waals surface area contributed by atoms with Crippen LogP contribution in [0.4, 0.5) is 10.1 Å². The predicted octanol–water partition coefficient (Wildman–Crippen LogP) is 2.96. The van der Waals surface area contributed by atoms with E-state index in [2.05, 4.69) is 0 Å². The normalized spacial score (nSPS) is 16.1. The van der Waals surface area contributed by atoms with E-state index in [9.17, 15) is 14.0 Å². The lowest BCUT2D eigenvalue weighted by molar-refractivity contribution is -0.122. The van der Waals surface area contributed by atoms with Crippen molar-refractivity contribution >= 4 is 17.6 Å². The smallest absolute Gasteiger partial charge is 0.341 e. The van der Waals surface area contributed by atoms with E-state index in [0.717, 1.165) is 17.7 Å². The minimum atomic E-state index is -0.836. The van der Waals surface area contributed by atoms with Crippen LogP contribution in [-0.4, -0.2) is 24.5 Å². The number of hydrogen-bond donors (Lipinski definition) is 0. The maximum Gasteiger partial charge on any atom is 0.341 e. The average Bonchev–Trinajstić information content (AvgIpc) is 2.88. The molecule has 0 N–H and O–H groups in total. The molecular formula is C18H16FNO3. The van der Waals surface area contributed by atoms with Crippen LogP contribution in [-0.2, 0) is 16.0 Å². The lowest BCUT2D eigenvalue weighted by Gasteiger charge is -2.22. The molecule has 2 aromatic carbocycles. The number of para-hydroxylation sites is 1. The maximum atomic E-state index is 13.5. The Morgan fingerprint density at radius 1 is 1.17 bits per heavy atom. The molecule has 0 radical (unpaired) electrons. The molecule has 0 bridgehead atoms. The van der Waals surface area contributed by atoms with Crippen LogP contribution >= 0.6 is 0 Å². The Hall–Kier alpha value is -2.69. The number of carbonyl (C=O) groups is 2. The first-order valence-electron chi connectivity index (χ1n) is 7.39. The summed E-state index contributed by atoms with van der Waals surface area (Å²) in [7, 11) is 0. The van der Waals surface area contributed by atoms with Crippen LogP contribution in [0.25, 0.3) is 0 Å². The quantitative estimate of drug-likeness (QED) is 0.819. The van der Waals surface area contributed by atoms with Crippen molar-refractivity contribution in [2.24, 2.45) is 0 Å². The van der Waals surface area contributed by atoms with Gasteiger partial charge in [0.1, 0.15) is 5.82 Å². The van der Waals surface area contributed by atoms with Gasteiger partial charge < -0.3 is 9.64 Å².